The fraction of sp³-hybridized carbons (Fsp3) is 0.235. The largest absolute Gasteiger partial charge is 0.332 e. The molecule has 2 N–H and O–H groups in total. The smallest absolute Gasteiger partial charge is 0.175 e. The van der Waals surface area contributed by atoms with Crippen LogP contribution in [0.2, 0.25) is 5.02 Å². The summed E-state index contributed by atoms with van der Waals surface area (Å²) in [5.41, 5.74) is 3.10. The lowest BCUT2D eigenvalue weighted by Crippen LogP contribution is -2.19. The van der Waals surface area contributed by atoms with Gasteiger partial charge < -0.3 is 10.6 Å². The van der Waals surface area contributed by atoms with Crippen molar-refractivity contribution in [3.63, 3.8) is 0 Å². The van der Waals surface area contributed by atoms with Gasteiger partial charge in [0.15, 0.2) is 5.11 Å². The standard InChI is InChI=1S/C17H19ClN2S/c1-3-12(2)13-8-10-14(11-9-13)19-17(21)20-16-7-5-4-6-15(16)18/h4-12H,3H2,1-2H3,(H2,19,20,21). The molecule has 110 valence electrons. The predicted molar refractivity (Wildman–Crippen MR) is 96.4 cm³/mol. The maximum Gasteiger partial charge on any atom is 0.175 e. The van der Waals surface area contributed by atoms with Gasteiger partial charge in [-0.15, -0.1) is 0 Å². The lowest BCUT2D eigenvalue weighted by molar-refractivity contribution is 0.734. The first-order valence-electron chi connectivity index (χ1n) is 7.02. The Morgan fingerprint density at radius 2 is 1.76 bits per heavy atom. The zero-order valence-corrected chi connectivity index (χ0v) is 13.8. The third-order valence-electron chi connectivity index (χ3n) is 3.47. The molecule has 21 heavy (non-hydrogen) atoms. The Morgan fingerprint density at radius 3 is 2.38 bits per heavy atom. The van der Waals surface area contributed by atoms with Crippen LogP contribution in [-0.4, -0.2) is 5.11 Å². The van der Waals surface area contributed by atoms with Crippen molar-refractivity contribution in [3.05, 3.63) is 59.1 Å². The highest BCUT2D eigenvalue weighted by Gasteiger charge is 2.04. The van der Waals surface area contributed by atoms with Crippen molar-refractivity contribution in [2.75, 3.05) is 10.6 Å². The summed E-state index contributed by atoms with van der Waals surface area (Å²) in [6.45, 7) is 4.42. The predicted octanol–water partition coefficient (Wildman–Crippen LogP) is 5.66. The zero-order valence-electron chi connectivity index (χ0n) is 12.2. The van der Waals surface area contributed by atoms with E-state index in [1.165, 1.54) is 5.56 Å². The Morgan fingerprint density at radius 1 is 1.10 bits per heavy atom. The first-order chi connectivity index (χ1) is 10.1. The molecule has 2 nitrogen and oxygen atoms in total. The van der Waals surface area contributed by atoms with Crippen LogP contribution in [0.3, 0.4) is 0 Å². The van der Waals surface area contributed by atoms with Crippen molar-refractivity contribution >= 4 is 40.3 Å². The van der Waals surface area contributed by atoms with Gasteiger partial charge in [0.05, 0.1) is 10.7 Å². The molecule has 1 unspecified atom stereocenters. The van der Waals surface area contributed by atoms with E-state index in [-0.39, 0.29) is 0 Å². The Labute approximate surface area is 136 Å². The Hall–Kier alpha value is -1.58. The lowest BCUT2D eigenvalue weighted by atomic mass is 9.99. The van der Waals surface area contributed by atoms with E-state index in [0.29, 0.717) is 16.1 Å². The molecule has 0 fully saturated rings. The number of anilines is 2. The minimum absolute atomic E-state index is 0.527. The van der Waals surface area contributed by atoms with Crippen LogP contribution in [0.4, 0.5) is 11.4 Å². The van der Waals surface area contributed by atoms with Gasteiger partial charge in [-0.2, -0.15) is 0 Å². The number of halogens is 1. The molecule has 4 heteroatoms. The van der Waals surface area contributed by atoms with Crippen LogP contribution in [-0.2, 0) is 0 Å². The van der Waals surface area contributed by atoms with Crippen LogP contribution in [0.25, 0.3) is 0 Å². The number of thiocarbonyl (C=S) groups is 1. The molecule has 2 aromatic rings. The summed E-state index contributed by atoms with van der Waals surface area (Å²) < 4.78 is 0. The average molecular weight is 319 g/mol. The number of benzene rings is 2. The van der Waals surface area contributed by atoms with E-state index >= 15 is 0 Å². The Balaban J connectivity index is 1.98. The molecule has 0 saturated heterocycles. The van der Waals surface area contributed by atoms with Gasteiger partial charge in [0.25, 0.3) is 0 Å². The van der Waals surface area contributed by atoms with Crippen molar-refractivity contribution in [3.8, 4) is 0 Å². The van der Waals surface area contributed by atoms with Gasteiger partial charge in [0.1, 0.15) is 0 Å². The van der Waals surface area contributed by atoms with Crippen molar-refractivity contribution in [1.29, 1.82) is 0 Å². The Bertz CT molecular complexity index is 610. The molecule has 0 aromatic heterocycles. The van der Waals surface area contributed by atoms with E-state index in [0.717, 1.165) is 17.8 Å². The fourth-order valence-corrected chi connectivity index (χ4v) is 2.39. The van der Waals surface area contributed by atoms with Crippen LogP contribution in [0.1, 0.15) is 31.7 Å². The van der Waals surface area contributed by atoms with Crippen molar-refractivity contribution in [2.45, 2.75) is 26.2 Å². The summed E-state index contributed by atoms with van der Waals surface area (Å²) in [6.07, 6.45) is 1.14. The summed E-state index contributed by atoms with van der Waals surface area (Å²) in [5.74, 6) is 0.576. The SMILES string of the molecule is CCC(C)c1ccc(NC(=S)Nc2ccccc2Cl)cc1. The summed E-state index contributed by atoms with van der Waals surface area (Å²) in [4.78, 5) is 0. The van der Waals surface area contributed by atoms with E-state index in [4.69, 9.17) is 23.8 Å². The maximum atomic E-state index is 6.09. The number of hydrogen-bond acceptors (Lipinski definition) is 1. The van der Waals surface area contributed by atoms with E-state index in [9.17, 15) is 0 Å². The topological polar surface area (TPSA) is 24.1 Å². The zero-order chi connectivity index (χ0) is 15.2. The molecule has 1 atom stereocenters. The molecule has 0 heterocycles. The monoisotopic (exact) mass is 318 g/mol. The lowest BCUT2D eigenvalue weighted by Gasteiger charge is -2.13. The second-order valence-corrected chi connectivity index (χ2v) is 5.81. The van der Waals surface area contributed by atoms with Crippen molar-refractivity contribution in [2.24, 2.45) is 0 Å². The second-order valence-electron chi connectivity index (χ2n) is 4.99. The van der Waals surface area contributed by atoms with E-state index in [1.807, 2.05) is 36.4 Å². The van der Waals surface area contributed by atoms with Crippen molar-refractivity contribution < 1.29 is 0 Å². The van der Waals surface area contributed by atoms with Crippen LogP contribution in [0.5, 0.6) is 0 Å². The van der Waals surface area contributed by atoms with Gasteiger partial charge in [-0.3, -0.25) is 0 Å². The van der Waals surface area contributed by atoms with Gasteiger partial charge in [-0.05, 0) is 54.4 Å². The molecule has 0 aliphatic heterocycles. The Kier molecular flexibility index (Phi) is 5.59. The molecule has 2 rings (SSSR count). The third kappa shape index (κ3) is 4.45. The minimum Gasteiger partial charge on any atom is -0.332 e. The van der Waals surface area contributed by atoms with Gasteiger partial charge in [-0.1, -0.05) is 49.7 Å². The number of rotatable bonds is 4. The van der Waals surface area contributed by atoms with Crippen molar-refractivity contribution in [1.82, 2.24) is 0 Å². The molecular formula is C17H19ClN2S. The van der Waals surface area contributed by atoms with Gasteiger partial charge >= 0.3 is 0 Å². The molecule has 2 aromatic carbocycles. The van der Waals surface area contributed by atoms with Gasteiger partial charge in [0.2, 0.25) is 0 Å². The highest BCUT2D eigenvalue weighted by molar-refractivity contribution is 7.80. The molecule has 0 amide bonds. The highest BCUT2D eigenvalue weighted by atomic mass is 35.5. The first-order valence-corrected chi connectivity index (χ1v) is 7.81. The van der Waals surface area contributed by atoms with Gasteiger partial charge in [-0.25, -0.2) is 0 Å². The molecule has 0 radical (unpaired) electrons. The summed E-state index contributed by atoms with van der Waals surface area (Å²) >= 11 is 11.4. The highest BCUT2D eigenvalue weighted by Crippen LogP contribution is 2.22. The minimum atomic E-state index is 0.527. The third-order valence-corrected chi connectivity index (χ3v) is 4.01. The van der Waals surface area contributed by atoms with Gasteiger partial charge in [0, 0.05) is 5.69 Å². The molecular weight excluding hydrogens is 300 g/mol. The summed E-state index contributed by atoms with van der Waals surface area (Å²) in [7, 11) is 0. The molecule has 0 bridgehead atoms. The fourth-order valence-electron chi connectivity index (χ4n) is 1.98. The number of para-hydroxylation sites is 1. The molecule has 0 spiro atoms. The molecule has 0 saturated carbocycles. The average Bonchev–Trinajstić information content (AvgIpc) is 2.49. The maximum absolute atomic E-state index is 6.09. The normalized spacial score (nSPS) is 11.8. The van der Waals surface area contributed by atoms with E-state index in [1.54, 1.807) is 0 Å². The second kappa shape index (κ2) is 7.43. The van der Waals surface area contributed by atoms with Crippen LogP contribution >= 0.6 is 23.8 Å². The van der Waals surface area contributed by atoms with Crippen LogP contribution in [0, 0.1) is 0 Å². The number of hydrogen-bond donors (Lipinski definition) is 2. The molecule has 0 aliphatic carbocycles. The first kappa shape index (κ1) is 15.8. The quantitative estimate of drug-likeness (QED) is 0.711. The molecule has 0 aliphatic rings. The van der Waals surface area contributed by atoms with Crippen LogP contribution < -0.4 is 10.6 Å². The number of nitrogens with one attached hydrogen (secondary N) is 2. The van der Waals surface area contributed by atoms with E-state index in [2.05, 4.69) is 36.6 Å². The summed E-state index contributed by atoms with van der Waals surface area (Å²) in [5, 5.41) is 7.43. The van der Waals surface area contributed by atoms with Crippen LogP contribution in [0.15, 0.2) is 48.5 Å². The van der Waals surface area contributed by atoms with E-state index < -0.39 is 0 Å². The summed E-state index contributed by atoms with van der Waals surface area (Å²) in [6, 6.07) is 15.9.